The van der Waals surface area contributed by atoms with Crippen LogP contribution >= 0.6 is 0 Å². The van der Waals surface area contributed by atoms with Crippen LogP contribution in [0.1, 0.15) is 25.3 Å². The van der Waals surface area contributed by atoms with Gasteiger partial charge in [-0.05, 0) is 36.0 Å². The topological polar surface area (TPSA) is 66.4 Å². The highest BCUT2D eigenvalue weighted by molar-refractivity contribution is 5.94. The van der Waals surface area contributed by atoms with Crippen molar-refractivity contribution >= 4 is 11.9 Å². The molecule has 2 N–H and O–H groups in total. The van der Waals surface area contributed by atoms with Gasteiger partial charge in [-0.3, -0.25) is 9.59 Å². The van der Waals surface area contributed by atoms with Crippen molar-refractivity contribution in [3.05, 3.63) is 84.0 Å². The van der Waals surface area contributed by atoms with Gasteiger partial charge in [0.05, 0.1) is 5.92 Å². The highest BCUT2D eigenvalue weighted by Gasteiger charge is 2.22. The number of hydrogen-bond donors (Lipinski definition) is 2. The van der Waals surface area contributed by atoms with Crippen molar-refractivity contribution < 1.29 is 14.7 Å². The van der Waals surface area contributed by atoms with Gasteiger partial charge in [-0.25, -0.2) is 0 Å². The van der Waals surface area contributed by atoms with E-state index in [9.17, 15) is 14.7 Å². The van der Waals surface area contributed by atoms with Crippen molar-refractivity contribution in [2.24, 2.45) is 5.92 Å². The van der Waals surface area contributed by atoms with Crippen molar-refractivity contribution in [2.75, 3.05) is 0 Å². The quantitative estimate of drug-likeness (QED) is 0.720. The van der Waals surface area contributed by atoms with Crippen LogP contribution in [0.25, 0.3) is 11.1 Å². The maximum atomic E-state index is 12.5. The zero-order valence-electron chi connectivity index (χ0n) is 16.0. The van der Waals surface area contributed by atoms with E-state index in [-0.39, 0.29) is 11.9 Å². The molecule has 1 aliphatic rings. The molecule has 2 atom stereocenters. The average molecular weight is 375 g/mol. The molecule has 1 aliphatic carbocycles. The molecule has 0 fully saturated rings. The van der Waals surface area contributed by atoms with Gasteiger partial charge in [0, 0.05) is 11.6 Å². The van der Waals surface area contributed by atoms with E-state index in [0.717, 1.165) is 16.7 Å². The van der Waals surface area contributed by atoms with E-state index in [1.54, 1.807) is 6.92 Å². The number of carboxylic acid groups (broad SMARTS) is 1. The molecular formula is C24H25NO3. The van der Waals surface area contributed by atoms with Crippen molar-refractivity contribution in [1.82, 2.24) is 5.32 Å². The predicted octanol–water partition coefficient (Wildman–Crippen LogP) is 4.38. The number of nitrogens with one attached hydrogen (secondary N) is 1. The fraction of sp³-hybridized carbons (Fsp3) is 0.250. The second kappa shape index (κ2) is 9.18. The molecule has 0 radical (unpaired) electrons. The SMILES string of the molecule is C[C@H](C[C@@H](Cc1ccc(-c2ccccc2)cc1)NC(=O)C1=CC=CC1)C(=O)O. The Kier molecular flexibility index (Phi) is 6.43. The number of carbonyl (C=O) groups excluding carboxylic acids is 1. The van der Waals surface area contributed by atoms with Gasteiger partial charge >= 0.3 is 5.97 Å². The molecule has 0 unspecified atom stereocenters. The Morgan fingerprint density at radius 2 is 1.71 bits per heavy atom. The molecular weight excluding hydrogens is 350 g/mol. The minimum absolute atomic E-state index is 0.117. The summed E-state index contributed by atoms with van der Waals surface area (Å²) in [7, 11) is 0. The summed E-state index contributed by atoms with van der Waals surface area (Å²) in [6.45, 7) is 1.68. The first-order valence-electron chi connectivity index (χ1n) is 9.56. The Bertz CT molecular complexity index is 882. The number of benzene rings is 2. The third kappa shape index (κ3) is 5.19. The van der Waals surface area contributed by atoms with Gasteiger partial charge in [0.25, 0.3) is 0 Å². The molecule has 1 amide bonds. The monoisotopic (exact) mass is 375 g/mol. The van der Waals surface area contributed by atoms with Crippen molar-refractivity contribution in [2.45, 2.75) is 32.2 Å². The molecule has 0 aromatic heterocycles. The van der Waals surface area contributed by atoms with Crippen LogP contribution in [-0.4, -0.2) is 23.0 Å². The van der Waals surface area contributed by atoms with Crippen LogP contribution in [0.2, 0.25) is 0 Å². The van der Waals surface area contributed by atoms with Crippen molar-refractivity contribution in [1.29, 1.82) is 0 Å². The number of carbonyl (C=O) groups is 2. The van der Waals surface area contributed by atoms with Crippen LogP contribution in [0, 0.1) is 5.92 Å². The first-order valence-corrected chi connectivity index (χ1v) is 9.56. The van der Waals surface area contributed by atoms with Crippen LogP contribution in [0.5, 0.6) is 0 Å². The lowest BCUT2D eigenvalue weighted by Gasteiger charge is -2.21. The number of aliphatic carboxylic acids is 1. The van der Waals surface area contributed by atoms with Gasteiger partial charge in [-0.15, -0.1) is 0 Å². The average Bonchev–Trinajstić information content (AvgIpc) is 3.24. The third-order valence-electron chi connectivity index (χ3n) is 5.00. The number of carboxylic acids is 1. The molecule has 0 bridgehead atoms. The van der Waals surface area contributed by atoms with Gasteiger partial charge < -0.3 is 10.4 Å². The lowest BCUT2D eigenvalue weighted by Crippen LogP contribution is -2.39. The molecule has 144 valence electrons. The maximum absolute atomic E-state index is 12.5. The Balaban J connectivity index is 1.70. The predicted molar refractivity (Wildman–Crippen MR) is 111 cm³/mol. The minimum Gasteiger partial charge on any atom is -0.481 e. The summed E-state index contributed by atoms with van der Waals surface area (Å²) in [6.07, 6.45) is 7.22. The first kappa shape index (κ1) is 19.6. The zero-order chi connectivity index (χ0) is 19.9. The highest BCUT2D eigenvalue weighted by Crippen LogP contribution is 2.21. The summed E-state index contributed by atoms with van der Waals surface area (Å²) >= 11 is 0. The van der Waals surface area contributed by atoms with Gasteiger partial charge in [-0.2, -0.15) is 0 Å². The molecule has 0 aliphatic heterocycles. The number of hydrogen-bond acceptors (Lipinski definition) is 2. The van der Waals surface area contributed by atoms with Gasteiger partial charge in [0.1, 0.15) is 0 Å². The minimum atomic E-state index is -0.847. The van der Waals surface area contributed by atoms with E-state index >= 15 is 0 Å². The Morgan fingerprint density at radius 3 is 2.32 bits per heavy atom. The van der Waals surface area contributed by atoms with E-state index < -0.39 is 11.9 Å². The van der Waals surface area contributed by atoms with E-state index in [0.29, 0.717) is 24.8 Å². The molecule has 3 rings (SSSR count). The molecule has 0 saturated carbocycles. The molecule has 4 nitrogen and oxygen atoms in total. The smallest absolute Gasteiger partial charge is 0.306 e. The fourth-order valence-corrected chi connectivity index (χ4v) is 3.36. The first-order chi connectivity index (χ1) is 13.5. The summed E-state index contributed by atoms with van der Waals surface area (Å²) in [4.78, 5) is 23.8. The van der Waals surface area contributed by atoms with Gasteiger partial charge in [0.15, 0.2) is 0 Å². The molecule has 2 aromatic carbocycles. The molecule has 0 saturated heterocycles. The Labute approximate surface area is 165 Å². The standard InChI is InChI=1S/C24H25NO3/c1-17(24(27)28)15-22(25-23(26)21-9-5-6-10-21)16-18-11-13-20(14-12-18)19-7-3-2-4-8-19/h2-9,11-14,17,22H,10,15-16H2,1H3,(H,25,26)(H,27,28)/t17-,22+/m1/s1. The normalized spacial score (nSPS) is 15.0. The number of allylic oxidation sites excluding steroid dienone is 3. The number of amides is 1. The van der Waals surface area contributed by atoms with Gasteiger partial charge in [0.2, 0.25) is 5.91 Å². The van der Waals surface area contributed by atoms with E-state index in [4.69, 9.17) is 0 Å². The Morgan fingerprint density at radius 1 is 1.04 bits per heavy atom. The van der Waals surface area contributed by atoms with Crippen LogP contribution in [-0.2, 0) is 16.0 Å². The molecule has 4 heteroatoms. The molecule has 0 heterocycles. The van der Waals surface area contributed by atoms with Crippen LogP contribution in [0.15, 0.2) is 78.4 Å². The summed E-state index contributed by atoms with van der Waals surface area (Å²) in [6, 6.07) is 18.1. The lowest BCUT2D eigenvalue weighted by atomic mass is 9.94. The van der Waals surface area contributed by atoms with Crippen LogP contribution < -0.4 is 5.32 Å². The summed E-state index contributed by atoms with van der Waals surface area (Å²) < 4.78 is 0. The summed E-state index contributed by atoms with van der Waals surface area (Å²) in [5.74, 6) is -1.49. The highest BCUT2D eigenvalue weighted by atomic mass is 16.4. The largest absolute Gasteiger partial charge is 0.481 e. The van der Waals surface area contributed by atoms with Crippen molar-refractivity contribution in [3.63, 3.8) is 0 Å². The maximum Gasteiger partial charge on any atom is 0.306 e. The summed E-state index contributed by atoms with van der Waals surface area (Å²) in [5, 5.41) is 12.3. The second-order valence-corrected chi connectivity index (χ2v) is 7.24. The van der Waals surface area contributed by atoms with E-state index in [1.165, 1.54) is 0 Å². The van der Waals surface area contributed by atoms with Gasteiger partial charge in [-0.1, -0.05) is 79.7 Å². The zero-order valence-corrected chi connectivity index (χ0v) is 16.0. The van der Waals surface area contributed by atoms with Crippen LogP contribution in [0.3, 0.4) is 0 Å². The van der Waals surface area contributed by atoms with Crippen molar-refractivity contribution in [3.8, 4) is 11.1 Å². The Hall–Kier alpha value is -3.14. The second-order valence-electron chi connectivity index (χ2n) is 7.24. The van der Waals surface area contributed by atoms with E-state index in [1.807, 2.05) is 48.6 Å². The molecule has 28 heavy (non-hydrogen) atoms. The number of rotatable bonds is 8. The lowest BCUT2D eigenvalue weighted by molar-refractivity contribution is -0.141. The third-order valence-corrected chi connectivity index (χ3v) is 5.00. The van der Waals surface area contributed by atoms with Crippen LogP contribution in [0.4, 0.5) is 0 Å². The molecule has 2 aromatic rings. The molecule has 0 spiro atoms. The van der Waals surface area contributed by atoms with E-state index in [2.05, 4.69) is 29.6 Å². The fourth-order valence-electron chi connectivity index (χ4n) is 3.36. The summed E-state index contributed by atoms with van der Waals surface area (Å²) in [5.41, 5.74) is 4.07.